The first-order chi connectivity index (χ1) is 11.8. The summed E-state index contributed by atoms with van der Waals surface area (Å²) >= 11 is 0. The summed E-state index contributed by atoms with van der Waals surface area (Å²) < 4.78 is 5.36. The number of rotatable bonds is 6. The second kappa shape index (κ2) is 9.66. The summed E-state index contributed by atoms with van der Waals surface area (Å²) in [6.45, 7) is 3.26. The van der Waals surface area contributed by atoms with Gasteiger partial charge in [-0.3, -0.25) is 0 Å². The standard InChI is InChI=1S/C11H14O4.C8H11NO/c1-3-11(2,10(13)14)15-9-6-4-8(12)5-7-9;9-8(6-10)7-4-2-1-3-5-7/h4-7,12H,3H2,1-2H3,(H,13,14);1-5,8,10H,6,9H2/t11-;8-/m11/s1. The van der Waals surface area contributed by atoms with Crippen LogP contribution in [0.25, 0.3) is 0 Å². The highest BCUT2D eigenvalue weighted by molar-refractivity contribution is 5.77. The number of benzene rings is 2. The number of hydrogen-bond donors (Lipinski definition) is 4. The van der Waals surface area contributed by atoms with Crippen LogP contribution in [0.15, 0.2) is 54.6 Å². The average Bonchev–Trinajstić information content (AvgIpc) is 2.64. The summed E-state index contributed by atoms with van der Waals surface area (Å²) in [5, 5.41) is 26.7. The summed E-state index contributed by atoms with van der Waals surface area (Å²) in [7, 11) is 0. The third-order valence-electron chi connectivity index (χ3n) is 3.73. The van der Waals surface area contributed by atoms with Crippen molar-refractivity contribution >= 4 is 5.97 Å². The molecule has 0 aliphatic rings. The second-order valence-corrected chi connectivity index (χ2v) is 5.69. The van der Waals surface area contributed by atoms with Crippen LogP contribution in [0.5, 0.6) is 11.5 Å². The number of aliphatic hydroxyl groups excluding tert-OH is 1. The van der Waals surface area contributed by atoms with Crippen LogP contribution in [0.3, 0.4) is 0 Å². The number of ether oxygens (including phenoxy) is 1. The Morgan fingerprint density at radius 2 is 1.72 bits per heavy atom. The molecule has 2 rings (SSSR count). The Morgan fingerprint density at radius 1 is 1.16 bits per heavy atom. The quantitative estimate of drug-likeness (QED) is 0.639. The molecule has 2 atom stereocenters. The van der Waals surface area contributed by atoms with Gasteiger partial charge < -0.3 is 25.8 Å². The third-order valence-corrected chi connectivity index (χ3v) is 3.73. The molecule has 25 heavy (non-hydrogen) atoms. The van der Waals surface area contributed by atoms with Gasteiger partial charge in [-0.2, -0.15) is 0 Å². The molecule has 0 saturated heterocycles. The number of carbonyl (C=O) groups is 1. The van der Waals surface area contributed by atoms with Crippen LogP contribution in [0.1, 0.15) is 31.9 Å². The highest BCUT2D eigenvalue weighted by atomic mass is 16.5. The molecule has 0 aromatic heterocycles. The molecule has 0 radical (unpaired) electrons. The van der Waals surface area contributed by atoms with Gasteiger partial charge in [-0.05, 0) is 43.2 Å². The number of aliphatic hydroxyl groups is 1. The molecule has 0 spiro atoms. The topological polar surface area (TPSA) is 113 Å². The first-order valence-corrected chi connectivity index (χ1v) is 7.95. The van der Waals surface area contributed by atoms with E-state index in [0.717, 1.165) is 5.56 Å². The SMILES string of the molecule is CC[C@@](C)(Oc1ccc(O)cc1)C(=O)O.N[C@H](CO)c1ccccc1. The van der Waals surface area contributed by atoms with E-state index in [0.29, 0.717) is 12.2 Å². The molecule has 0 bridgehead atoms. The van der Waals surface area contributed by atoms with E-state index in [2.05, 4.69) is 0 Å². The number of aliphatic carboxylic acids is 1. The van der Waals surface area contributed by atoms with E-state index >= 15 is 0 Å². The molecule has 0 saturated carbocycles. The highest BCUT2D eigenvalue weighted by Gasteiger charge is 2.33. The Bertz CT molecular complexity index is 645. The molecular weight excluding hydrogens is 322 g/mol. The van der Waals surface area contributed by atoms with Crippen LogP contribution in [0.4, 0.5) is 0 Å². The van der Waals surface area contributed by atoms with Gasteiger partial charge in [0, 0.05) is 0 Å². The van der Waals surface area contributed by atoms with Gasteiger partial charge in [-0.15, -0.1) is 0 Å². The summed E-state index contributed by atoms with van der Waals surface area (Å²) in [5.74, 6) is -0.450. The van der Waals surface area contributed by atoms with Gasteiger partial charge in [0.15, 0.2) is 0 Å². The van der Waals surface area contributed by atoms with Crippen molar-refractivity contribution in [3.8, 4) is 11.5 Å². The van der Waals surface area contributed by atoms with Crippen LogP contribution < -0.4 is 10.5 Å². The lowest BCUT2D eigenvalue weighted by molar-refractivity contribution is -0.154. The molecule has 5 N–H and O–H groups in total. The number of nitrogens with two attached hydrogens (primary N) is 1. The predicted molar refractivity (Wildman–Crippen MR) is 95.5 cm³/mol. The molecule has 0 fully saturated rings. The van der Waals surface area contributed by atoms with Gasteiger partial charge >= 0.3 is 5.97 Å². The zero-order valence-electron chi connectivity index (χ0n) is 14.4. The first kappa shape index (κ1) is 20.5. The maximum atomic E-state index is 10.9. The maximum absolute atomic E-state index is 10.9. The molecule has 0 aliphatic carbocycles. The summed E-state index contributed by atoms with van der Waals surface area (Å²) in [6, 6.07) is 15.3. The Balaban J connectivity index is 0.000000271. The zero-order valence-corrected chi connectivity index (χ0v) is 14.4. The van der Waals surface area contributed by atoms with E-state index in [1.807, 2.05) is 30.3 Å². The minimum Gasteiger partial charge on any atom is -0.508 e. The minimum absolute atomic E-state index is 0.00398. The Labute approximate surface area is 147 Å². The fourth-order valence-corrected chi connectivity index (χ4v) is 1.85. The molecule has 136 valence electrons. The van der Waals surface area contributed by atoms with E-state index in [1.54, 1.807) is 6.92 Å². The first-order valence-electron chi connectivity index (χ1n) is 7.95. The lowest BCUT2D eigenvalue weighted by Gasteiger charge is -2.24. The van der Waals surface area contributed by atoms with Gasteiger partial charge in [0.25, 0.3) is 0 Å². The molecule has 0 unspecified atom stereocenters. The third kappa shape index (κ3) is 6.45. The monoisotopic (exact) mass is 347 g/mol. The molecule has 2 aromatic carbocycles. The fourth-order valence-electron chi connectivity index (χ4n) is 1.85. The molecule has 0 aliphatic heterocycles. The summed E-state index contributed by atoms with van der Waals surface area (Å²) in [6.07, 6.45) is 0.364. The van der Waals surface area contributed by atoms with E-state index < -0.39 is 11.6 Å². The van der Waals surface area contributed by atoms with Gasteiger partial charge in [-0.1, -0.05) is 37.3 Å². The second-order valence-electron chi connectivity index (χ2n) is 5.69. The van der Waals surface area contributed by atoms with Gasteiger partial charge in [0.2, 0.25) is 5.60 Å². The smallest absolute Gasteiger partial charge is 0.347 e. The Kier molecular flexibility index (Phi) is 7.91. The van der Waals surface area contributed by atoms with Crippen LogP contribution in [0, 0.1) is 0 Å². The van der Waals surface area contributed by atoms with Crippen molar-refractivity contribution in [2.24, 2.45) is 5.73 Å². The fraction of sp³-hybridized carbons (Fsp3) is 0.316. The number of carboxylic acid groups (broad SMARTS) is 1. The predicted octanol–water partition coefficient (Wildman–Crippen LogP) is 2.70. The summed E-state index contributed by atoms with van der Waals surface area (Å²) in [4.78, 5) is 10.9. The number of aromatic hydroxyl groups is 1. The molecule has 2 aromatic rings. The number of phenols is 1. The lowest BCUT2D eigenvalue weighted by Crippen LogP contribution is -2.40. The van der Waals surface area contributed by atoms with Crippen molar-refractivity contribution < 1.29 is 24.9 Å². The molecular formula is C19H25NO5. The van der Waals surface area contributed by atoms with Crippen LogP contribution in [-0.4, -0.2) is 33.5 Å². The van der Waals surface area contributed by atoms with Gasteiger partial charge in [-0.25, -0.2) is 4.79 Å². The number of carboxylic acids is 1. The Hall–Kier alpha value is -2.57. The number of hydrogen-bond acceptors (Lipinski definition) is 5. The van der Waals surface area contributed by atoms with Crippen molar-refractivity contribution in [2.75, 3.05) is 6.61 Å². The van der Waals surface area contributed by atoms with Crippen LogP contribution >= 0.6 is 0 Å². The minimum atomic E-state index is -1.23. The largest absolute Gasteiger partial charge is 0.508 e. The average molecular weight is 347 g/mol. The normalized spacial score (nSPS) is 13.8. The zero-order chi connectivity index (χ0) is 18.9. The van der Waals surface area contributed by atoms with Crippen LogP contribution in [0.2, 0.25) is 0 Å². The van der Waals surface area contributed by atoms with Crippen molar-refractivity contribution in [1.29, 1.82) is 0 Å². The van der Waals surface area contributed by atoms with Crippen molar-refractivity contribution in [3.05, 3.63) is 60.2 Å². The van der Waals surface area contributed by atoms with Crippen molar-refractivity contribution in [3.63, 3.8) is 0 Å². The molecule has 6 nitrogen and oxygen atoms in total. The highest BCUT2D eigenvalue weighted by Crippen LogP contribution is 2.23. The van der Waals surface area contributed by atoms with Crippen LogP contribution in [-0.2, 0) is 4.79 Å². The molecule has 6 heteroatoms. The van der Waals surface area contributed by atoms with E-state index in [-0.39, 0.29) is 18.4 Å². The summed E-state index contributed by atoms with van der Waals surface area (Å²) in [5.41, 5.74) is 5.30. The van der Waals surface area contributed by atoms with E-state index in [1.165, 1.54) is 31.2 Å². The molecule has 0 amide bonds. The molecule has 0 heterocycles. The van der Waals surface area contributed by atoms with E-state index in [9.17, 15) is 4.79 Å². The van der Waals surface area contributed by atoms with E-state index in [4.69, 9.17) is 25.8 Å². The Morgan fingerprint density at radius 3 is 2.16 bits per heavy atom. The number of phenolic OH excluding ortho intramolecular Hbond substituents is 1. The maximum Gasteiger partial charge on any atom is 0.347 e. The van der Waals surface area contributed by atoms with Gasteiger partial charge in [0.1, 0.15) is 11.5 Å². The lowest BCUT2D eigenvalue weighted by atomic mass is 10.0. The van der Waals surface area contributed by atoms with Gasteiger partial charge in [0.05, 0.1) is 12.6 Å². The van der Waals surface area contributed by atoms with Crippen molar-refractivity contribution in [1.82, 2.24) is 0 Å². The van der Waals surface area contributed by atoms with Crippen molar-refractivity contribution in [2.45, 2.75) is 31.9 Å².